The Morgan fingerprint density at radius 2 is 1.18 bits per heavy atom. The Morgan fingerprint density at radius 1 is 0.765 bits per heavy atom. The number of phenols is 2. The first-order valence-electron chi connectivity index (χ1n) is 9.97. The lowest BCUT2D eigenvalue weighted by Crippen LogP contribution is -2.33. The maximum Gasteiger partial charge on any atom is 0.338 e. The molecule has 0 heterocycles. The molecule has 8 nitrogen and oxygen atoms in total. The van der Waals surface area contributed by atoms with Gasteiger partial charge in [-0.05, 0) is 66.2 Å². The SMILES string of the molecule is C=Cc1ccc(C(=O)OC(CS(=O)(=O)c2ccc(O)cc2)CS(=O)(=O)c2ccc(O)cc2)cc1. The highest BCUT2D eigenvalue weighted by atomic mass is 32.2. The van der Waals surface area contributed by atoms with Crippen LogP contribution in [0.2, 0.25) is 0 Å². The van der Waals surface area contributed by atoms with Crippen molar-refractivity contribution in [1.82, 2.24) is 0 Å². The van der Waals surface area contributed by atoms with Crippen LogP contribution in [0.15, 0.2) is 89.2 Å². The molecule has 0 atom stereocenters. The van der Waals surface area contributed by atoms with Gasteiger partial charge >= 0.3 is 5.97 Å². The molecule has 0 bridgehead atoms. The van der Waals surface area contributed by atoms with Gasteiger partial charge < -0.3 is 14.9 Å². The Labute approximate surface area is 197 Å². The summed E-state index contributed by atoms with van der Waals surface area (Å²) in [5.41, 5.74) is 0.859. The Hall–Kier alpha value is -3.63. The monoisotopic (exact) mass is 502 g/mol. The van der Waals surface area contributed by atoms with Crippen LogP contribution in [0.3, 0.4) is 0 Å². The lowest BCUT2D eigenvalue weighted by atomic mass is 10.1. The summed E-state index contributed by atoms with van der Waals surface area (Å²) in [5, 5.41) is 18.8. The third-order valence-electron chi connectivity index (χ3n) is 4.86. The van der Waals surface area contributed by atoms with Gasteiger partial charge in [-0.1, -0.05) is 24.8 Å². The number of rotatable bonds is 9. The molecular formula is C24H22O8S2. The van der Waals surface area contributed by atoms with Crippen molar-refractivity contribution in [2.45, 2.75) is 15.9 Å². The Balaban J connectivity index is 1.91. The van der Waals surface area contributed by atoms with Crippen LogP contribution in [0.5, 0.6) is 11.5 Å². The molecule has 2 N–H and O–H groups in total. The molecule has 3 aromatic rings. The average Bonchev–Trinajstić information content (AvgIpc) is 2.79. The van der Waals surface area contributed by atoms with E-state index in [0.717, 1.165) is 5.56 Å². The van der Waals surface area contributed by atoms with Gasteiger partial charge in [-0.2, -0.15) is 0 Å². The maximum absolute atomic E-state index is 12.9. The molecule has 0 fully saturated rings. The Kier molecular flexibility index (Phi) is 7.43. The number of carbonyl (C=O) groups is 1. The summed E-state index contributed by atoms with van der Waals surface area (Å²) in [6.07, 6.45) is 0.0380. The van der Waals surface area contributed by atoms with Crippen molar-refractivity contribution >= 4 is 31.7 Å². The van der Waals surface area contributed by atoms with Gasteiger partial charge in [0.05, 0.1) is 26.9 Å². The molecule has 0 unspecified atom stereocenters. The predicted octanol–water partition coefficient (Wildman–Crippen LogP) is 3.21. The average molecular weight is 503 g/mol. The number of phenolic OH excluding ortho intramolecular Hbond substituents is 2. The second-order valence-corrected chi connectivity index (χ2v) is 11.5. The van der Waals surface area contributed by atoms with E-state index >= 15 is 0 Å². The summed E-state index contributed by atoms with van der Waals surface area (Å²) in [7, 11) is -8.16. The summed E-state index contributed by atoms with van der Waals surface area (Å²) < 4.78 is 57.0. The summed E-state index contributed by atoms with van der Waals surface area (Å²) in [5.74, 6) is -2.76. The summed E-state index contributed by atoms with van der Waals surface area (Å²) in [6, 6.07) is 15.6. The number of hydrogen-bond donors (Lipinski definition) is 2. The molecule has 10 heteroatoms. The van der Waals surface area contributed by atoms with Crippen LogP contribution in [0.4, 0.5) is 0 Å². The Morgan fingerprint density at radius 3 is 1.56 bits per heavy atom. The molecule has 0 aliphatic heterocycles. The number of ether oxygens (including phenoxy) is 1. The van der Waals surface area contributed by atoms with E-state index < -0.39 is 43.3 Å². The highest BCUT2D eigenvalue weighted by Gasteiger charge is 2.30. The van der Waals surface area contributed by atoms with Crippen LogP contribution in [0.1, 0.15) is 15.9 Å². The minimum atomic E-state index is -4.08. The fourth-order valence-electron chi connectivity index (χ4n) is 3.08. The van der Waals surface area contributed by atoms with E-state index in [1.54, 1.807) is 18.2 Å². The van der Waals surface area contributed by atoms with E-state index in [-0.39, 0.29) is 26.9 Å². The molecule has 178 valence electrons. The number of benzene rings is 3. The largest absolute Gasteiger partial charge is 0.508 e. The van der Waals surface area contributed by atoms with Crippen LogP contribution < -0.4 is 0 Å². The van der Waals surface area contributed by atoms with Crippen molar-refractivity contribution in [2.75, 3.05) is 11.5 Å². The third kappa shape index (κ3) is 6.24. The molecule has 0 aromatic heterocycles. The molecule has 0 aliphatic rings. The molecule has 0 radical (unpaired) electrons. The summed E-state index contributed by atoms with van der Waals surface area (Å²) >= 11 is 0. The molecule has 34 heavy (non-hydrogen) atoms. The first kappa shape index (κ1) is 25.0. The number of sulfone groups is 2. The number of aromatic hydroxyl groups is 2. The zero-order chi connectivity index (χ0) is 24.9. The zero-order valence-electron chi connectivity index (χ0n) is 17.9. The van der Waals surface area contributed by atoms with Gasteiger partial charge in [0, 0.05) is 0 Å². The predicted molar refractivity (Wildman–Crippen MR) is 126 cm³/mol. The number of hydrogen-bond acceptors (Lipinski definition) is 8. The van der Waals surface area contributed by atoms with E-state index in [1.807, 2.05) is 0 Å². The highest BCUT2D eigenvalue weighted by molar-refractivity contribution is 7.92. The van der Waals surface area contributed by atoms with Crippen LogP contribution in [-0.2, 0) is 24.4 Å². The van der Waals surface area contributed by atoms with Gasteiger partial charge in [0.15, 0.2) is 19.7 Å². The lowest BCUT2D eigenvalue weighted by molar-refractivity contribution is 0.0389. The quantitative estimate of drug-likeness (QED) is 0.426. The fraction of sp³-hybridized carbons (Fsp3) is 0.125. The van der Waals surface area contributed by atoms with Crippen LogP contribution >= 0.6 is 0 Å². The van der Waals surface area contributed by atoms with Gasteiger partial charge in [0.2, 0.25) is 0 Å². The number of carbonyl (C=O) groups excluding carboxylic acids is 1. The van der Waals surface area contributed by atoms with Gasteiger partial charge in [0.25, 0.3) is 0 Å². The van der Waals surface area contributed by atoms with E-state index in [0.29, 0.717) is 0 Å². The summed E-state index contributed by atoms with van der Waals surface area (Å²) in [6.45, 7) is 3.62. The third-order valence-corrected chi connectivity index (χ3v) is 8.46. The van der Waals surface area contributed by atoms with Gasteiger partial charge in [0.1, 0.15) is 17.6 Å². The zero-order valence-corrected chi connectivity index (χ0v) is 19.5. The minimum absolute atomic E-state index is 0.111. The van der Waals surface area contributed by atoms with E-state index in [2.05, 4.69) is 6.58 Å². The van der Waals surface area contributed by atoms with Crippen molar-refractivity contribution in [3.8, 4) is 11.5 Å². The molecule has 0 saturated carbocycles. The fourth-order valence-corrected chi connectivity index (χ4v) is 6.07. The van der Waals surface area contributed by atoms with Crippen LogP contribution in [0.25, 0.3) is 6.08 Å². The highest BCUT2D eigenvalue weighted by Crippen LogP contribution is 2.21. The van der Waals surface area contributed by atoms with Crippen LogP contribution in [-0.4, -0.2) is 50.6 Å². The van der Waals surface area contributed by atoms with Crippen molar-refractivity contribution in [2.24, 2.45) is 0 Å². The topological polar surface area (TPSA) is 135 Å². The molecule has 3 rings (SSSR count). The summed E-state index contributed by atoms with van der Waals surface area (Å²) in [4.78, 5) is 12.4. The molecule has 3 aromatic carbocycles. The molecule has 0 saturated heterocycles. The van der Waals surface area contributed by atoms with E-state index in [9.17, 15) is 31.8 Å². The molecule has 0 amide bonds. The lowest BCUT2D eigenvalue weighted by Gasteiger charge is -2.19. The number of esters is 1. The van der Waals surface area contributed by atoms with Crippen molar-refractivity contribution in [3.63, 3.8) is 0 Å². The molecule has 0 aliphatic carbocycles. The molecular weight excluding hydrogens is 480 g/mol. The normalized spacial score (nSPS) is 11.8. The first-order chi connectivity index (χ1) is 16.0. The van der Waals surface area contributed by atoms with Crippen molar-refractivity contribution < 1.29 is 36.6 Å². The second kappa shape index (κ2) is 10.1. The van der Waals surface area contributed by atoms with Crippen molar-refractivity contribution in [1.29, 1.82) is 0 Å². The maximum atomic E-state index is 12.9. The first-order valence-corrected chi connectivity index (χ1v) is 13.3. The van der Waals surface area contributed by atoms with Gasteiger partial charge in [-0.15, -0.1) is 0 Å². The van der Waals surface area contributed by atoms with Crippen LogP contribution in [0, 0.1) is 0 Å². The molecule has 0 spiro atoms. The Bertz CT molecular complexity index is 1300. The standard InChI is InChI=1S/C24H22O8S2/c1-2-17-3-5-18(6-4-17)24(27)32-21(15-33(28,29)22-11-7-19(25)8-12-22)16-34(30,31)23-13-9-20(26)10-14-23/h2-14,21,25-26H,1,15-16H2. The minimum Gasteiger partial charge on any atom is -0.508 e. The van der Waals surface area contributed by atoms with E-state index in [4.69, 9.17) is 4.74 Å². The van der Waals surface area contributed by atoms with Gasteiger partial charge in [-0.25, -0.2) is 21.6 Å². The van der Waals surface area contributed by atoms with Crippen molar-refractivity contribution in [3.05, 3.63) is 90.5 Å². The van der Waals surface area contributed by atoms with Gasteiger partial charge in [-0.3, -0.25) is 0 Å². The van der Waals surface area contributed by atoms with E-state index in [1.165, 1.54) is 60.7 Å². The smallest absolute Gasteiger partial charge is 0.338 e. The second-order valence-electron chi connectivity index (χ2n) is 7.40.